The van der Waals surface area contributed by atoms with Gasteiger partial charge in [-0.15, -0.1) is 10.2 Å². The molecule has 146 valence electrons. The lowest BCUT2D eigenvalue weighted by atomic mass is 9.98. The van der Waals surface area contributed by atoms with Crippen LogP contribution in [0, 0.1) is 0 Å². The Bertz CT molecular complexity index is 917. The molecule has 0 saturated carbocycles. The molecule has 28 heavy (non-hydrogen) atoms. The van der Waals surface area contributed by atoms with Crippen LogP contribution in [-0.2, 0) is 4.79 Å². The van der Waals surface area contributed by atoms with Crippen LogP contribution in [0.5, 0.6) is 0 Å². The normalized spacial score (nSPS) is 19.7. The first-order valence-corrected chi connectivity index (χ1v) is 10.4. The maximum absolute atomic E-state index is 12.8. The van der Waals surface area contributed by atoms with Crippen molar-refractivity contribution in [1.82, 2.24) is 20.1 Å². The molecule has 0 spiro atoms. The number of hydrogen-bond donors (Lipinski definition) is 0. The van der Waals surface area contributed by atoms with E-state index in [2.05, 4.69) is 29.0 Å². The zero-order chi connectivity index (χ0) is 19.5. The molecule has 1 aliphatic rings. The number of carbonyl (C=O) groups is 1. The molecule has 4 rings (SSSR count). The van der Waals surface area contributed by atoms with Crippen LogP contribution in [0.2, 0.25) is 0 Å². The van der Waals surface area contributed by atoms with E-state index in [1.807, 2.05) is 11.0 Å². The number of rotatable bonds is 5. The van der Waals surface area contributed by atoms with Crippen LogP contribution in [0.15, 0.2) is 50.8 Å². The molecule has 3 aromatic rings. The number of nitrogens with zero attached hydrogens (tertiary/aromatic N) is 4. The molecule has 1 saturated heterocycles. The Morgan fingerprint density at radius 3 is 2.32 bits per heavy atom. The SMILES string of the molecule is CC1CCCC(C)N1C(=O)CSc1nnc(-c2ccco2)c(-c2ccco2)n1. The maximum atomic E-state index is 12.8. The van der Waals surface area contributed by atoms with E-state index in [9.17, 15) is 4.79 Å². The molecule has 0 aromatic carbocycles. The van der Waals surface area contributed by atoms with Gasteiger partial charge in [0, 0.05) is 12.1 Å². The highest BCUT2D eigenvalue weighted by Gasteiger charge is 2.29. The summed E-state index contributed by atoms with van der Waals surface area (Å²) in [5, 5.41) is 8.91. The quantitative estimate of drug-likeness (QED) is 0.593. The van der Waals surface area contributed by atoms with E-state index in [4.69, 9.17) is 8.83 Å². The third-order valence-corrected chi connectivity index (χ3v) is 5.81. The van der Waals surface area contributed by atoms with Crippen LogP contribution in [-0.4, -0.2) is 43.8 Å². The minimum Gasteiger partial charge on any atom is -0.463 e. The highest BCUT2D eigenvalue weighted by molar-refractivity contribution is 7.99. The van der Waals surface area contributed by atoms with E-state index in [1.165, 1.54) is 18.2 Å². The molecule has 0 N–H and O–H groups in total. The highest BCUT2D eigenvalue weighted by Crippen LogP contribution is 2.31. The maximum Gasteiger partial charge on any atom is 0.233 e. The predicted molar refractivity (Wildman–Crippen MR) is 106 cm³/mol. The summed E-state index contributed by atoms with van der Waals surface area (Å²) in [6.07, 6.45) is 6.44. The van der Waals surface area contributed by atoms with Gasteiger partial charge in [-0.3, -0.25) is 4.79 Å². The fraction of sp³-hybridized carbons (Fsp3) is 0.400. The fourth-order valence-electron chi connectivity index (χ4n) is 3.65. The highest BCUT2D eigenvalue weighted by atomic mass is 32.2. The van der Waals surface area contributed by atoms with Gasteiger partial charge in [0.15, 0.2) is 17.2 Å². The average molecular weight is 398 g/mol. The van der Waals surface area contributed by atoms with Gasteiger partial charge in [-0.2, -0.15) is 0 Å². The summed E-state index contributed by atoms with van der Waals surface area (Å²) in [5.41, 5.74) is 1.05. The van der Waals surface area contributed by atoms with Gasteiger partial charge in [-0.25, -0.2) is 4.98 Å². The van der Waals surface area contributed by atoms with Gasteiger partial charge < -0.3 is 13.7 Å². The molecule has 4 heterocycles. The van der Waals surface area contributed by atoms with E-state index >= 15 is 0 Å². The van der Waals surface area contributed by atoms with Crippen molar-refractivity contribution < 1.29 is 13.6 Å². The number of furan rings is 2. The topological polar surface area (TPSA) is 85.3 Å². The monoisotopic (exact) mass is 398 g/mol. The summed E-state index contributed by atoms with van der Waals surface area (Å²) in [7, 11) is 0. The Hall–Kier alpha value is -2.61. The summed E-state index contributed by atoms with van der Waals surface area (Å²) >= 11 is 1.30. The number of amides is 1. The molecule has 1 amide bonds. The van der Waals surface area contributed by atoms with Gasteiger partial charge in [-0.1, -0.05) is 11.8 Å². The summed E-state index contributed by atoms with van der Waals surface area (Å²) in [6.45, 7) is 4.23. The number of aromatic nitrogens is 3. The van der Waals surface area contributed by atoms with Crippen molar-refractivity contribution in [2.45, 2.75) is 50.4 Å². The number of hydrogen-bond acceptors (Lipinski definition) is 7. The van der Waals surface area contributed by atoms with Gasteiger partial charge in [-0.05, 0) is 57.4 Å². The molecular formula is C20H22N4O3S. The zero-order valence-electron chi connectivity index (χ0n) is 15.9. The summed E-state index contributed by atoms with van der Waals surface area (Å²) in [4.78, 5) is 19.3. The number of piperidine rings is 1. The molecule has 7 nitrogen and oxygen atoms in total. The van der Waals surface area contributed by atoms with Crippen molar-refractivity contribution in [2.75, 3.05) is 5.75 Å². The van der Waals surface area contributed by atoms with E-state index in [-0.39, 0.29) is 23.7 Å². The van der Waals surface area contributed by atoms with Crippen molar-refractivity contribution in [2.24, 2.45) is 0 Å². The van der Waals surface area contributed by atoms with Crippen LogP contribution < -0.4 is 0 Å². The van der Waals surface area contributed by atoms with Gasteiger partial charge in [0.25, 0.3) is 0 Å². The summed E-state index contributed by atoms with van der Waals surface area (Å²) in [5.74, 6) is 1.54. The Balaban J connectivity index is 1.54. The lowest BCUT2D eigenvalue weighted by Gasteiger charge is -2.39. The van der Waals surface area contributed by atoms with Gasteiger partial charge in [0.2, 0.25) is 11.1 Å². The third kappa shape index (κ3) is 3.82. The molecule has 2 atom stereocenters. The minimum absolute atomic E-state index is 0.114. The molecule has 1 fully saturated rings. The first kappa shape index (κ1) is 18.7. The van der Waals surface area contributed by atoms with Crippen molar-refractivity contribution in [3.63, 3.8) is 0 Å². The van der Waals surface area contributed by atoms with Gasteiger partial charge >= 0.3 is 0 Å². The average Bonchev–Trinajstić information content (AvgIpc) is 3.40. The largest absolute Gasteiger partial charge is 0.463 e. The van der Waals surface area contributed by atoms with Crippen LogP contribution >= 0.6 is 11.8 Å². The molecule has 0 radical (unpaired) electrons. The van der Waals surface area contributed by atoms with Gasteiger partial charge in [0.1, 0.15) is 5.69 Å². The second-order valence-corrected chi connectivity index (χ2v) is 7.91. The first-order chi connectivity index (χ1) is 13.6. The Morgan fingerprint density at radius 1 is 1.07 bits per heavy atom. The molecule has 3 aromatic heterocycles. The molecule has 1 aliphatic heterocycles. The first-order valence-electron chi connectivity index (χ1n) is 9.40. The third-order valence-electron chi connectivity index (χ3n) is 4.98. The van der Waals surface area contributed by atoms with E-state index in [0.29, 0.717) is 28.1 Å². The number of thioether (sulfide) groups is 1. The molecular weight excluding hydrogens is 376 g/mol. The zero-order valence-corrected chi connectivity index (χ0v) is 16.7. The number of carbonyl (C=O) groups excluding carboxylic acids is 1. The van der Waals surface area contributed by atoms with Crippen molar-refractivity contribution >= 4 is 17.7 Å². The van der Waals surface area contributed by atoms with Crippen molar-refractivity contribution in [3.8, 4) is 22.9 Å². The lowest BCUT2D eigenvalue weighted by molar-refractivity contribution is -0.134. The van der Waals surface area contributed by atoms with E-state index < -0.39 is 0 Å². The van der Waals surface area contributed by atoms with Crippen LogP contribution in [0.1, 0.15) is 33.1 Å². The van der Waals surface area contributed by atoms with Crippen LogP contribution in [0.3, 0.4) is 0 Å². The van der Waals surface area contributed by atoms with Gasteiger partial charge in [0.05, 0.1) is 18.3 Å². The van der Waals surface area contributed by atoms with Crippen LogP contribution in [0.25, 0.3) is 22.9 Å². The Kier molecular flexibility index (Phi) is 5.47. The van der Waals surface area contributed by atoms with E-state index in [1.54, 1.807) is 30.7 Å². The molecule has 0 aliphatic carbocycles. The second-order valence-electron chi connectivity index (χ2n) is 6.96. The number of likely N-dealkylation sites (tertiary alicyclic amines) is 1. The van der Waals surface area contributed by atoms with E-state index in [0.717, 1.165) is 12.8 Å². The Morgan fingerprint density at radius 2 is 1.71 bits per heavy atom. The van der Waals surface area contributed by atoms with Crippen LogP contribution in [0.4, 0.5) is 0 Å². The summed E-state index contributed by atoms with van der Waals surface area (Å²) in [6, 6.07) is 7.73. The lowest BCUT2D eigenvalue weighted by Crippen LogP contribution is -2.48. The standard InChI is InChI=1S/C20H22N4O3S/c1-13-6-3-7-14(2)24(13)17(25)12-28-20-21-18(15-8-4-10-26-15)19(22-23-20)16-9-5-11-27-16/h4-5,8-11,13-14H,3,6-7,12H2,1-2H3. The summed E-state index contributed by atoms with van der Waals surface area (Å²) < 4.78 is 11.0. The molecule has 8 heteroatoms. The minimum atomic E-state index is 0.114. The van der Waals surface area contributed by atoms with Crippen molar-refractivity contribution in [3.05, 3.63) is 36.8 Å². The second kappa shape index (κ2) is 8.18. The molecule has 0 bridgehead atoms. The van der Waals surface area contributed by atoms with Crippen molar-refractivity contribution in [1.29, 1.82) is 0 Å². The smallest absolute Gasteiger partial charge is 0.233 e. The Labute approximate surface area is 167 Å². The fourth-order valence-corrected chi connectivity index (χ4v) is 4.31. The molecule has 2 unspecified atom stereocenters. The predicted octanol–water partition coefficient (Wildman–Crippen LogP) is 4.27.